The monoisotopic (exact) mass is 292 g/mol. The highest BCUT2D eigenvalue weighted by Crippen LogP contribution is 2.26. The minimum atomic E-state index is -0.692. The van der Waals surface area contributed by atoms with E-state index in [1.54, 1.807) is 13.0 Å². The van der Waals surface area contributed by atoms with E-state index in [0.717, 1.165) is 18.4 Å². The van der Waals surface area contributed by atoms with Crippen LogP contribution < -0.4 is 15.4 Å². The summed E-state index contributed by atoms with van der Waals surface area (Å²) in [5, 5.41) is 6.21. The van der Waals surface area contributed by atoms with Gasteiger partial charge in [-0.15, -0.1) is 0 Å². The van der Waals surface area contributed by atoms with Gasteiger partial charge in [0.25, 0.3) is 5.91 Å². The van der Waals surface area contributed by atoms with Gasteiger partial charge >= 0.3 is 0 Å². The van der Waals surface area contributed by atoms with Gasteiger partial charge < -0.3 is 15.4 Å². The van der Waals surface area contributed by atoms with Crippen molar-refractivity contribution in [3.63, 3.8) is 0 Å². The first-order chi connectivity index (χ1) is 10.1. The minimum absolute atomic E-state index is 0.179. The average Bonchev–Trinajstić information content (AvgIpc) is 3.33. The van der Waals surface area contributed by atoms with E-state index < -0.39 is 11.9 Å². The van der Waals surface area contributed by atoms with Gasteiger partial charge in [0.1, 0.15) is 0 Å². The largest absolute Gasteiger partial charge is 0.477 e. The van der Waals surface area contributed by atoms with Gasteiger partial charge in [-0.1, -0.05) is 12.1 Å². The van der Waals surface area contributed by atoms with E-state index in [1.165, 1.54) is 18.9 Å². The van der Waals surface area contributed by atoms with Crippen LogP contribution >= 0.6 is 0 Å². The van der Waals surface area contributed by atoms with E-state index in [4.69, 9.17) is 4.74 Å². The fourth-order valence-corrected chi connectivity index (χ4v) is 2.14. The smallest absolute Gasteiger partial charge is 0.260 e. The Morgan fingerprint density at radius 1 is 1.33 bits per heavy atom. The Morgan fingerprint density at radius 2 is 2.05 bits per heavy atom. The number of hydrogen-bond acceptors (Lipinski definition) is 3. The molecule has 0 aliphatic heterocycles. The SMILES string of the molecule is CC(Oc1c(F)cccc1CNC1CC1)C(=O)NC1CC1. The number of nitrogens with one attached hydrogen (secondary N) is 2. The number of ether oxygens (including phenoxy) is 1. The van der Waals surface area contributed by atoms with Gasteiger partial charge in [-0.2, -0.15) is 0 Å². The van der Waals surface area contributed by atoms with Gasteiger partial charge in [-0.05, 0) is 38.7 Å². The van der Waals surface area contributed by atoms with Crippen LogP contribution in [0.4, 0.5) is 4.39 Å². The number of para-hydroxylation sites is 1. The molecule has 0 spiro atoms. The highest BCUT2D eigenvalue weighted by atomic mass is 19.1. The molecule has 2 N–H and O–H groups in total. The lowest BCUT2D eigenvalue weighted by Gasteiger charge is -2.18. The van der Waals surface area contributed by atoms with E-state index in [-0.39, 0.29) is 17.7 Å². The third-order valence-electron chi connectivity index (χ3n) is 3.79. The molecule has 5 heteroatoms. The molecule has 0 heterocycles. The molecule has 2 fully saturated rings. The molecule has 0 aromatic heterocycles. The van der Waals surface area contributed by atoms with E-state index in [1.807, 2.05) is 6.07 Å². The van der Waals surface area contributed by atoms with Crippen LogP contribution in [-0.2, 0) is 11.3 Å². The summed E-state index contributed by atoms with van der Waals surface area (Å²) in [5.74, 6) is -0.415. The van der Waals surface area contributed by atoms with Gasteiger partial charge in [0, 0.05) is 24.2 Å². The number of rotatable bonds is 7. The zero-order chi connectivity index (χ0) is 14.8. The van der Waals surface area contributed by atoms with Gasteiger partial charge in [-0.3, -0.25) is 4.79 Å². The fourth-order valence-electron chi connectivity index (χ4n) is 2.14. The predicted octanol–water partition coefficient (Wildman–Crippen LogP) is 2.12. The van der Waals surface area contributed by atoms with E-state index in [0.29, 0.717) is 12.6 Å². The molecule has 114 valence electrons. The first-order valence-corrected chi connectivity index (χ1v) is 7.61. The second kappa shape index (κ2) is 6.02. The van der Waals surface area contributed by atoms with Crippen LogP contribution in [0.2, 0.25) is 0 Å². The molecular formula is C16H21FN2O2. The van der Waals surface area contributed by atoms with E-state index in [2.05, 4.69) is 10.6 Å². The molecule has 2 aliphatic rings. The van der Waals surface area contributed by atoms with Crippen molar-refractivity contribution >= 4 is 5.91 Å². The molecule has 1 amide bonds. The molecule has 1 aromatic rings. The average molecular weight is 292 g/mol. The second-order valence-electron chi connectivity index (χ2n) is 5.93. The second-order valence-corrected chi connectivity index (χ2v) is 5.93. The number of hydrogen-bond donors (Lipinski definition) is 2. The van der Waals surface area contributed by atoms with Crippen molar-refractivity contribution in [2.24, 2.45) is 0 Å². The van der Waals surface area contributed by atoms with Crippen molar-refractivity contribution in [3.05, 3.63) is 29.6 Å². The van der Waals surface area contributed by atoms with Crippen LogP contribution in [0.1, 0.15) is 38.2 Å². The molecule has 2 aliphatic carbocycles. The van der Waals surface area contributed by atoms with E-state index >= 15 is 0 Å². The highest BCUT2D eigenvalue weighted by molar-refractivity contribution is 5.81. The summed E-state index contributed by atoms with van der Waals surface area (Å²) in [6.45, 7) is 2.22. The zero-order valence-corrected chi connectivity index (χ0v) is 12.2. The Bertz CT molecular complexity index is 527. The highest BCUT2D eigenvalue weighted by Gasteiger charge is 2.27. The number of carbonyl (C=O) groups excluding carboxylic acids is 1. The summed E-state index contributed by atoms with van der Waals surface area (Å²) in [5.41, 5.74) is 0.757. The standard InChI is InChI=1S/C16H21FN2O2/c1-10(16(20)19-13-7-8-13)21-15-11(3-2-4-14(15)17)9-18-12-5-6-12/h2-4,10,12-13,18H,5-9H2,1H3,(H,19,20). The summed E-state index contributed by atoms with van der Waals surface area (Å²) in [4.78, 5) is 11.9. The maximum atomic E-state index is 14.0. The molecule has 4 nitrogen and oxygen atoms in total. The van der Waals surface area contributed by atoms with Crippen LogP contribution in [0.5, 0.6) is 5.75 Å². The summed E-state index contributed by atoms with van der Waals surface area (Å²) >= 11 is 0. The normalized spacial score (nSPS) is 19.1. The number of benzene rings is 1. The van der Waals surface area contributed by atoms with Crippen LogP contribution in [0.25, 0.3) is 0 Å². The van der Waals surface area contributed by atoms with Crippen molar-refractivity contribution in [3.8, 4) is 5.75 Å². The summed E-state index contributed by atoms with van der Waals surface area (Å²) in [6, 6.07) is 5.68. The summed E-state index contributed by atoms with van der Waals surface area (Å²) < 4.78 is 19.6. The Morgan fingerprint density at radius 3 is 2.71 bits per heavy atom. The maximum absolute atomic E-state index is 14.0. The van der Waals surface area contributed by atoms with Crippen LogP contribution in [0, 0.1) is 5.82 Å². The number of halogens is 1. The maximum Gasteiger partial charge on any atom is 0.260 e. The van der Waals surface area contributed by atoms with Crippen LogP contribution in [-0.4, -0.2) is 24.1 Å². The Labute approximate surface area is 124 Å². The molecule has 1 atom stereocenters. The number of amides is 1. The topological polar surface area (TPSA) is 50.4 Å². The molecule has 0 radical (unpaired) electrons. The lowest BCUT2D eigenvalue weighted by Crippen LogP contribution is -2.37. The molecule has 3 rings (SSSR count). The first kappa shape index (κ1) is 14.3. The van der Waals surface area contributed by atoms with Gasteiger partial charge in [0.15, 0.2) is 17.7 Å². The molecule has 21 heavy (non-hydrogen) atoms. The third kappa shape index (κ3) is 3.94. The van der Waals surface area contributed by atoms with Crippen LogP contribution in [0.15, 0.2) is 18.2 Å². The summed E-state index contributed by atoms with van der Waals surface area (Å²) in [7, 11) is 0. The van der Waals surface area contributed by atoms with Crippen molar-refractivity contribution in [1.82, 2.24) is 10.6 Å². The molecule has 0 saturated heterocycles. The minimum Gasteiger partial charge on any atom is -0.477 e. The third-order valence-corrected chi connectivity index (χ3v) is 3.79. The lowest BCUT2D eigenvalue weighted by molar-refractivity contribution is -0.127. The molecule has 0 bridgehead atoms. The van der Waals surface area contributed by atoms with Crippen molar-refractivity contribution < 1.29 is 13.9 Å². The molecular weight excluding hydrogens is 271 g/mol. The Balaban J connectivity index is 1.65. The van der Waals surface area contributed by atoms with Crippen molar-refractivity contribution in [2.45, 2.75) is 57.3 Å². The first-order valence-electron chi connectivity index (χ1n) is 7.61. The summed E-state index contributed by atoms with van der Waals surface area (Å²) in [6.07, 6.45) is 3.70. The molecule has 1 unspecified atom stereocenters. The lowest BCUT2D eigenvalue weighted by atomic mass is 10.2. The van der Waals surface area contributed by atoms with E-state index in [9.17, 15) is 9.18 Å². The number of carbonyl (C=O) groups is 1. The quantitative estimate of drug-likeness (QED) is 0.809. The predicted molar refractivity (Wildman–Crippen MR) is 77.5 cm³/mol. The van der Waals surface area contributed by atoms with Crippen LogP contribution in [0.3, 0.4) is 0 Å². The van der Waals surface area contributed by atoms with Crippen molar-refractivity contribution in [1.29, 1.82) is 0 Å². The molecule has 1 aromatic carbocycles. The van der Waals surface area contributed by atoms with Gasteiger partial charge in [-0.25, -0.2) is 4.39 Å². The zero-order valence-electron chi connectivity index (χ0n) is 12.2. The fraction of sp³-hybridized carbons (Fsp3) is 0.562. The molecule has 2 saturated carbocycles. The Kier molecular flexibility index (Phi) is 4.10. The van der Waals surface area contributed by atoms with Crippen molar-refractivity contribution in [2.75, 3.05) is 0 Å². The van der Waals surface area contributed by atoms with Gasteiger partial charge in [0.2, 0.25) is 0 Å². The Hall–Kier alpha value is -1.62. The van der Waals surface area contributed by atoms with Gasteiger partial charge in [0.05, 0.1) is 0 Å².